The molecule has 80 valence electrons. The number of rotatable bonds is 8. The molecule has 0 heterocycles. The Morgan fingerprint density at radius 3 is 2.54 bits per heavy atom. The quantitative estimate of drug-likeness (QED) is 0.563. The van der Waals surface area contributed by atoms with E-state index < -0.39 is 0 Å². The Balaban J connectivity index is 3.39. The zero-order valence-corrected chi connectivity index (χ0v) is 8.88. The third-order valence-electron chi connectivity index (χ3n) is 2.43. The molecule has 13 heavy (non-hydrogen) atoms. The molecule has 3 heteroatoms. The van der Waals surface area contributed by atoms with E-state index in [1.165, 1.54) is 0 Å². The normalized spacial score (nSPS) is 15.7. The maximum atomic E-state index is 9.09. The van der Waals surface area contributed by atoms with E-state index in [9.17, 15) is 0 Å². The monoisotopic (exact) mass is 189 g/mol. The summed E-state index contributed by atoms with van der Waals surface area (Å²) >= 11 is 0. The SMILES string of the molecule is CCC(C)(CO)COCCCCN. The molecular formula is C10H23NO2. The van der Waals surface area contributed by atoms with Crippen LogP contribution < -0.4 is 5.73 Å². The summed E-state index contributed by atoms with van der Waals surface area (Å²) < 4.78 is 5.47. The summed E-state index contributed by atoms with van der Waals surface area (Å²) in [6, 6.07) is 0. The average Bonchev–Trinajstić information content (AvgIpc) is 2.17. The van der Waals surface area contributed by atoms with Crippen molar-refractivity contribution in [2.24, 2.45) is 11.1 Å². The van der Waals surface area contributed by atoms with Crippen molar-refractivity contribution in [1.29, 1.82) is 0 Å². The summed E-state index contributed by atoms with van der Waals surface area (Å²) in [6.45, 7) is 6.43. The van der Waals surface area contributed by atoms with Gasteiger partial charge in [-0.1, -0.05) is 13.8 Å². The van der Waals surface area contributed by atoms with Crippen LogP contribution in [0.3, 0.4) is 0 Å². The van der Waals surface area contributed by atoms with E-state index >= 15 is 0 Å². The lowest BCUT2D eigenvalue weighted by molar-refractivity contribution is 0.0139. The van der Waals surface area contributed by atoms with E-state index in [0.29, 0.717) is 6.61 Å². The second kappa shape index (κ2) is 7.30. The van der Waals surface area contributed by atoms with Gasteiger partial charge in [-0.25, -0.2) is 0 Å². The smallest absolute Gasteiger partial charge is 0.0541 e. The van der Waals surface area contributed by atoms with Gasteiger partial charge in [0.25, 0.3) is 0 Å². The second-order valence-corrected chi connectivity index (χ2v) is 3.87. The highest BCUT2D eigenvalue weighted by Crippen LogP contribution is 2.20. The Bertz CT molecular complexity index is 113. The van der Waals surface area contributed by atoms with Gasteiger partial charge < -0.3 is 15.6 Å². The summed E-state index contributed by atoms with van der Waals surface area (Å²) in [5, 5.41) is 9.09. The summed E-state index contributed by atoms with van der Waals surface area (Å²) in [4.78, 5) is 0. The van der Waals surface area contributed by atoms with Crippen molar-refractivity contribution in [1.82, 2.24) is 0 Å². The van der Waals surface area contributed by atoms with Crippen LogP contribution in [-0.4, -0.2) is 31.5 Å². The van der Waals surface area contributed by atoms with Crippen LogP contribution in [0, 0.1) is 5.41 Å². The average molecular weight is 189 g/mol. The van der Waals surface area contributed by atoms with Gasteiger partial charge in [0.2, 0.25) is 0 Å². The third-order valence-corrected chi connectivity index (χ3v) is 2.43. The molecule has 1 atom stereocenters. The van der Waals surface area contributed by atoms with Gasteiger partial charge in [0.05, 0.1) is 13.2 Å². The number of hydrogen-bond donors (Lipinski definition) is 2. The zero-order chi connectivity index (χ0) is 10.2. The van der Waals surface area contributed by atoms with Crippen LogP contribution in [0.15, 0.2) is 0 Å². The van der Waals surface area contributed by atoms with Crippen LogP contribution in [0.25, 0.3) is 0 Å². The molecule has 0 rings (SSSR count). The maximum absolute atomic E-state index is 9.09. The molecule has 3 N–H and O–H groups in total. The van der Waals surface area contributed by atoms with E-state index in [-0.39, 0.29) is 12.0 Å². The molecule has 3 nitrogen and oxygen atoms in total. The van der Waals surface area contributed by atoms with Crippen molar-refractivity contribution in [2.75, 3.05) is 26.4 Å². The van der Waals surface area contributed by atoms with Gasteiger partial charge in [0.1, 0.15) is 0 Å². The van der Waals surface area contributed by atoms with Gasteiger partial charge >= 0.3 is 0 Å². The topological polar surface area (TPSA) is 55.5 Å². The predicted octanol–water partition coefficient (Wildman–Crippen LogP) is 1.15. The fraction of sp³-hybridized carbons (Fsp3) is 1.00. The summed E-state index contributed by atoms with van der Waals surface area (Å²) in [5.74, 6) is 0. The van der Waals surface area contributed by atoms with Gasteiger partial charge in [-0.3, -0.25) is 0 Å². The van der Waals surface area contributed by atoms with Crippen molar-refractivity contribution in [2.45, 2.75) is 33.1 Å². The molecule has 0 amide bonds. The summed E-state index contributed by atoms with van der Waals surface area (Å²) in [7, 11) is 0. The van der Waals surface area contributed by atoms with E-state index in [2.05, 4.69) is 6.92 Å². The molecule has 0 aromatic rings. The van der Waals surface area contributed by atoms with Crippen molar-refractivity contribution < 1.29 is 9.84 Å². The van der Waals surface area contributed by atoms with Crippen molar-refractivity contribution >= 4 is 0 Å². The highest BCUT2D eigenvalue weighted by Gasteiger charge is 2.20. The molecule has 0 aliphatic heterocycles. The molecule has 0 fully saturated rings. The molecule has 0 saturated carbocycles. The highest BCUT2D eigenvalue weighted by atomic mass is 16.5. The lowest BCUT2D eigenvalue weighted by Gasteiger charge is -2.25. The number of aliphatic hydroxyl groups is 1. The number of ether oxygens (including phenoxy) is 1. The molecular weight excluding hydrogens is 166 g/mol. The first-order valence-corrected chi connectivity index (χ1v) is 5.07. The number of hydrogen-bond acceptors (Lipinski definition) is 3. The molecule has 0 aromatic carbocycles. The van der Waals surface area contributed by atoms with Gasteiger partial charge in [-0.15, -0.1) is 0 Å². The Kier molecular flexibility index (Phi) is 7.23. The molecule has 0 saturated heterocycles. The standard InChI is InChI=1S/C10H23NO2/c1-3-10(2,8-12)9-13-7-5-4-6-11/h12H,3-9,11H2,1-2H3. The first kappa shape index (κ1) is 12.9. The molecule has 0 aliphatic rings. The summed E-state index contributed by atoms with van der Waals surface area (Å²) in [5.41, 5.74) is 5.29. The van der Waals surface area contributed by atoms with Crippen molar-refractivity contribution in [3.05, 3.63) is 0 Å². The molecule has 0 radical (unpaired) electrons. The van der Waals surface area contributed by atoms with Crippen molar-refractivity contribution in [3.63, 3.8) is 0 Å². The molecule has 0 bridgehead atoms. The molecule has 1 unspecified atom stereocenters. The predicted molar refractivity (Wildman–Crippen MR) is 54.6 cm³/mol. The lowest BCUT2D eigenvalue weighted by atomic mass is 9.90. The van der Waals surface area contributed by atoms with E-state index in [1.807, 2.05) is 6.92 Å². The Morgan fingerprint density at radius 1 is 1.38 bits per heavy atom. The zero-order valence-electron chi connectivity index (χ0n) is 8.88. The Morgan fingerprint density at radius 2 is 2.08 bits per heavy atom. The maximum Gasteiger partial charge on any atom is 0.0541 e. The van der Waals surface area contributed by atoms with Crippen LogP contribution in [-0.2, 0) is 4.74 Å². The largest absolute Gasteiger partial charge is 0.396 e. The highest BCUT2D eigenvalue weighted by molar-refractivity contribution is 4.70. The van der Waals surface area contributed by atoms with E-state index in [1.54, 1.807) is 0 Å². The first-order chi connectivity index (χ1) is 6.18. The first-order valence-electron chi connectivity index (χ1n) is 5.07. The fourth-order valence-corrected chi connectivity index (χ4v) is 0.927. The third kappa shape index (κ3) is 6.02. The minimum atomic E-state index is -0.0668. The van der Waals surface area contributed by atoms with Crippen LogP contribution in [0.1, 0.15) is 33.1 Å². The molecule has 0 aliphatic carbocycles. The number of aliphatic hydroxyl groups excluding tert-OH is 1. The Hall–Kier alpha value is -0.120. The fourth-order valence-electron chi connectivity index (χ4n) is 0.927. The van der Waals surface area contributed by atoms with E-state index in [0.717, 1.165) is 32.4 Å². The van der Waals surface area contributed by atoms with Crippen LogP contribution in [0.4, 0.5) is 0 Å². The second-order valence-electron chi connectivity index (χ2n) is 3.87. The van der Waals surface area contributed by atoms with Gasteiger partial charge in [-0.2, -0.15) is 0 Å². The van der Waals surface area contributed by atoms with Gasteiger partial charge in [0, 0.05) is 12.0 Å². The van der Waals surface area contributed by atoms with Gasteiger partial charge in [0.15, 0.2) is 0 Å². The lowest BCUT2D eigenvalue weighted by Crippen LogP contribution is -2.27. The number of nitrogens with two attached hydrogens (primary N) is 1. The minimum Gasteiger partial charge on any atom is -0.396 e. The molecule has 0 aromatic heterocycles. The van der Waals surface area contributed by atoms with Gasteiger partial charge in [-0.05, 0) is 25.8 Å². The van der Waals surface area contributed by atoms with E-state index in [4.69, 9.17) is 15.6 Å². The molecule has 0 spiro atoms. The minimum absolute atomic E-state index is 0.0668. The van der Waals surface area contributed by atoms with Crippen LogP contribution >= 0.6 is 0 Å². The van der Waals surface area contributed by atoms with Crippen molar-refractivity contribution in [3.8, 4) is 0 Å². The Labute approximate surface area is 81.3 Å². The number of unbranched alkanes of at least 4 members (excludes halogenated alkanes) is 1. The summed E-state index contributed by atoms with van der Waals surface area (Å²) in [6.07, 6.45) is 2.98. The van der Waals surface area contributed by atoms with Crippen LogP contribution in [0.2, 0.25) is 0 Å². The van der Waals surface area contributed by atoms with Crippen LogP contribution in [0.5, 0.6) is 0 Å².